The molecule has 1 aromatic heterocycles. The molecule has 0 unspecified atom stereocenters. The number of rotatable bonds is 3. The van der Waals surface area contributed by atoms with Gasteiger partial charge in [0.15, 0.2) is 0 Å². The Morgan fingerprint density at radius 1 is 1.47 bits per heavy atom. The number of nitrogens with one attached hydrogen (secondary N) is 1. The van der Waals surface area contributed by atoms with Crippen LogP contribution < -0.4 is 5.32 Å². The Hall–Kier alpha value is -1.51. The maximum Gasteiger partial charge on any atom is 0.0684 e. The monoisotopic (exact) mass is 201 g/mol. The van der Waals surface area contributed by atoms with Crippen molar-refractivity contribution < 1.29 is 0 Å². The first-order valence-electron chi connectivity index (χ1n) is 5.50. The average molecular weight is 201 g/mol. The lowest BCUT2D eigenvalue weighted by molar-refractivity contribution is 0.580. The van der Waals surface area contributed by atoms with Crippen molar-refractivity contribution in [2.75, 3.05) is 12.4 Å². The lowest BCUT2D eigenvalue weighted by Gasteiger charge is -2.03. The predicted molar refractivity (Wildman–Crippen MR) is 62.0 cm³/mol. The van der Waals surface area contributed by atoms with Gasteiger partial charge < -0.3 is 5.32 Å². The standard InChI is InChI=1S/C12H15N3/c1-13-11-4-5-12-10(6-11)7-14-15(12)8-9-2-3-9/h4-7,9,13H,2-3,8H2,1H3. The van der Waals surface area contributed by atoms with Crippen LogP contribution in [0.5, 0.6) is 0 Å². The first-order valence-corrected chi connectivity index (χ1v) is 5.50. The summed E-state index contributed by atoms with van der Waals surface area (Å²) in [6, 6.07) is 6.40. The Bertz CT molecular complexity index is 483. The summed E-state index contributed by atoms with van der Waals surface area (Å²) in [7, 11) is 1.94. The van der Waals surface area contributed by atoms with Gasteiger partial charge in [-0.3, -0.25) is 4.68 Å². The summed E-state index contributed by atoms with van der Waals surface area (Å²) in [6.45, 7) is 1.09. The number of benzene rings is 1. The Kier molecular flexibility index (Phi) is 1.91. The lowest BCUT2D eigenvalue weighted by atomic mass is 10.2. The van der Waals surface area contributed by atoms with Gasteiger partial charge in [-0.1, -0.05) is 0 Å². The molecule has 1 aliphatic carbocycles. The second-order valence-electron chi connectivity index (χ2n) is 4.29. The van der Waals surface area contributed by atoms with E-state index >= 15 is 0 Å². The first-order chi connectivity index (χ1) is 7.36. The van der Waals surface area contributed by atoms with E-state index in [0.29, 0.717) is 0 Å². The molecule has 0 amide bonds. The summed E-state index contributed by atoms with van der Waals surface area (Å²) in [6.07, 6.45) is 4.70. The van der Waals surface area contributed by atoms with E-state index in [0.717, 1.165) is 18.2 Å². The zero-order chi connectivity index (χ0) is 10.3. The molecule has 78 valence electrons. The fraction of sp³-hybridized carbons (Fsp3) is 0.417. The van der Waals surface area contributed by atoms with E-state index in [-0.39, 0.29) is 0 Å². The van der Waals surface area contributed by atoms with Crippen molar-refractivity contribution in [3.05, 3.63) is 24.4 Å². The summed E-state index contributed by atoms with van der Waals surface area (Å²) in [5, 5.41) is 8.81. The largest absolute Gasteiger partial charge is 0.388 e. The highest BCUT2D eigenvalue weighted by Crippen LogP contribution is 2.31. The molecule has 1 aromatic carbocycles. The van der Waals surface area contributed by atoms with Crippen LogP contribution in [0, 0.1) is 5.92 Å². The molecule has 0 aliphatic heterocycles. The smallest absolute Gasteiger partial charge is 0.0684 e. The van der Waals surface area contributed by atoms with E-state index in [1.165, 1.54) is 23.7 Å². The van der Waals surface area contributed by atoms with Crippen molar-refractivity contribution in [3.8, 4) is 0 Å². The van der Waals surface area contributed by atoms with Crippen LogP contribution in [0.2, 0.25) is 0 Å². The van der Waals surface area contributed by atoms with Crippen LogP contribution >= 0.6 is 0 Å². The van der Waals surface area contributed by atoms with Gasteiger partial charge in [-0.2, -0.15) is 5.10 Å². The summed E-state index contributed by atoms with van der Waals surface area (Å²) in [5.74, 6) is 0.872. The molecule has 1 fully saturated rings. The number of fused-ring (bicyclic) bond motifs is 1. The molecular formula is C12H15N3. The number of nitrogens with zero attached hydrogens (tertiary/aromatic N) is 2. The Morgan fingerprint density at radius 3 is 3.07 bits per heavy atom. The summed E-state index contributed by atoms with van der Waals surface area (Å²) < 4.78 is 2.13. The van der Waals surface area contributed by atoms with Crippen LogP contribution in [0.3, 0.4) is 0 Å². The third-order valence-electron chi connectivity index (χ3n) is 3.06. The van der Waals surface area contributed by atoms with Crippen molar-refractivity contribution >= 4 is 16.6 Å². The van der Waals surface area contributed by atoms with Gasteiger partial charge in [0.25, 0.3) is 0 Å². The minimum Gasteiger partial charge on any atom is -0.388 e. The molecule has 15 heavy (non-hydrogen) atoms. The molecule has 3 heteroatoms. The Balaban J connectivity index is 2.01. The molecule has 3 nitrogen and oxygen atoms in total. The third kappa shape index (κ3) is 1.58. The van der Waals surface area contributed by atoms with E-state index in [2.05, 4.69) is 33.3 Å². The molecule has 0 bridgehead atoms. The molecule has 1 aliphatic rings. The molecule has 1 saturated carbocycles. The van der Waals surface area contributed by atoms with Crippen molar-refractivity contribution in [2.45, 2.75) is 19.4 Å². The molecule has 1 N–H and O–H groups in total. The molecule has 3 rings (SSSR count). The quantitative estimate of drug-likeness (QED) is 0.826. The maximum atomic E-state index is 4.44. The SMILES string of the molecule is CNc1ccc2c(cnn2CC2CC2)c1. The Labute approximate surface area is 89.1 Å². The van der Waals surface area contributed by atoms with Crippen LogP contribution in [0.4, 0.5) is 5.69 Å². The molecule has 0 saturated heterocycles. The summed E-state index contributed by atoms with van der Waals surface area (Å²) in [4.78, 5) is 0. The highest BCUT2D eigenvalue weighted by atomic mass is 15.3. The van der Waals surface area contributed by atoms with E-state index in [9.17, 15) is 0 Å². The molecular weight excluding hydrogens is 186 g/mol. The van der Waals surface area contributed by atoms with E-state index in [1.54, 1.807) is 0 Å². The highest BCUT2D eigenvalue weighted by Gasteiger charge is 2.22. The predicted octanol–water partition coefficient (Wildman–Crippen LogP) is 2.49. The van der Waals surface area contributed by atoms with Gasteiger partial charge in [0.1, 0.15) is 0 Å². The number of aromatic nitrogens is 2. The third-order valence-corrected chi connectivity index (χ3v) is 3.06. The number of anilines is 1. The lowest BCUT2D eigenvalue weighted by Crippen LogP contribution is -2.00. The molecule has 2 aromatic rings. The van der Waals surface area contributed by atoms with E-state index in [1.807, 2.05) is 13.2 Å². The molecule has 1 heterocycles. The second kappa shape index (κ2) is 3.26. The van der Waals surface area contributed by atoms with Crippen molar-refractivity contribution in [1.29, 1.82) is 0 Å². The van der Waals surface area contributed by atoms with Crippen molar-refractivity contribution in [3.63, 3.8) is 0 Å². The highest BCUT2D eigenvalue weighted by molar-refractivity contribution is 5.82. The second-order valence-corrected chi connectivity index (χ2v) is 4.29. The van der Waals surface area contributed by atoms with Gasteiger partial charge in [0.2, 0.25) is 0 Å². The van der Waals surface area contributed by atoms with Gasteiger partial charge in [-0.05, 0) is 37.0 Å². The number of hydrogen-bond donors (Lipinski definition) is 1. The minimum absolute atomic E-state index is 0.872. The fourth-order valence-corrected chi connectivity index (χ4v) is 1.93. The van der Waals surface area contributed by atoms with Crippen LogP contribution in [0.1, 0.15) is 12.8 Å². The zero-order valence-electron chi connectivity index (χ0n) is 8.90. The zero-order valence-corrected chi connectivity index (χ0v) is 8.90. The van der Waals surface area contributed by atoms with Gasteiger partial charge in [-0.25, -0.2) is 0 Å². The van der Waals surface area contributed by atoms with Gasteiger partial charge in [-0.15, -0.1) is 0 Å². The first kappa shape index (κ1) is 8.77. The fourth-order valence-electron chi connectivity index (χ4n) is 1.93. The molecule has 0 radical (unpaired) electrons. The normalized spacial score (nSPS) is 15.8. The molecule has 0 spiro atoms. The van der Waals surface area contributed by atoms with Crippen molar-refractivity contribution in [1.82, 2.24) is 9.78 Å². The van der Waals surface area contributed by atoms with Crippen LogP contribution in [0.25, 0.3) is 10.9 Å². The maximum absolute atomic E-state index is 4.44. The average Bonchev–Trinajstić information content (AvgIpc) is 2.99. The number of hydrogen-bond acceptors (Lipinski definition) is 2. The van der Waals surface area contributed by atoms with Gasteiger partial charge in [0.05, 0.1) is 11.7 Å². The van der Waals surface area contributed by atoms with Gasteiger partial charge in [0, 0.05) is 24.7 Å². The van der Waals surface area contributed by atoms with Crippen molar-refractivity contribution in [2.24, 2.45) is 5.92 Å². The minimum atomic E-state index is 0.872. The van der Waals surface area contributed by atoms with Crippen LogP contribution in [-0.4, -0.2) is 16.8 Å². The Morgan fingerprint density at radius 2 is 2.33 bits per heavy atom. The summed E-state index contributed by atoms with van der Waals surface area (Å²) in [5.41, 5.74) is 2.40. The topological polar surface area (TPSA) is 29.9 Å². The van der Waals surface area contributed by atoms with Crippen LogP contribution in [0.15, 0.2) is 24.4 Å². The summed E-state index contributed by atoms with van der Waals surface area (Å²) >= 11 is 0. The van der Waals surface area contributed by atoms with E-state index in [4.69, 9.17) is 0 Å². The van der Waals surface area contributed by atoms with E-state index < -0.39 is 0 Å². The van der Waals surface area contributed by atoms with Crippen LogP contribution in [-0.2, 0) is 6.54 Å². The van der Waals surface area contributed by atoms with Gasteiger partial charge >= 0.3 is 0 Å². The molecule has 0 atom stereocenters.